The summed E-state index contributed by atoms with van der Waals surface area (Å²) >= 11 is 3.46. The topological polar surface area (TPSA) is 63.3 Å². The highest BCUT2D eigenvalue weighted by molar-refractivity contribution is 14.0. The van der Waals surface area contributed by atoms with Crippen LogP contribution in [0.15, 0.2) is 20.9 Å². The summed E-state index contributed by atoms with van der Waals surface area (Å²) in [6.07, 6.45) is 5.34. The van der Waals surface area contributed by atoms with Crippen molar-refractivity contribution in [2.45, 2.75) is 29.6 Å². The molecule has 0 aromatic carbocycles. The van der Waals surface area contributed by atoms with Gasteiger partial charge in [-0.15, -0.1) is 35.3 Å². The van der Waals surface area contributed by atoms with E-state index in [0.717, 1.165) is 23.1 Å². The zero-order valence-corrected chi connectivity index (χ0v) is 13.4. The second kappa shape index (κ2) is 8.15. The first-order valence-electron chi connectivity index (χ1n) is 5.43. The smallest absolute Gasteiger partial charge is 0.188 e. The number of rotatable bonds is 6. The van der Waals surface area contributed by atoms with Gasteiger partial charge < -0.3 is 11.1 Å². The van der Waals surface area contributed by atoms with E-state index in [-0.39, 0.29) is 24.0 Å². The first-order chi connectivity index (χ1) is 7.84. The molecule has 1 saturated carbocycles. The number of aromatic nitrogens is 1. The number of aliphatic imine (C=N–C) groups is 1. The Labute approximate surface area is 127 Å². The summed E-state index contributed by atoms with van der Waals surface area (Å²) in [6.45, 7) is 0.796. The van der Waals surface area contributed by atoms with Crippen LogP contribution in [0.3, 0.4) is 0 Å². The summed E-state index contributed by atoms with van der Waals surface area (Å²) in [4.78, 5) is 8.48. The molecular formula is C10H17IN4S2. The molecule has 0 saturated heterocycles. The van der Waals surface area contributed by atoms with Crippen molar-refractivity contribution in [1.82, 2.24) is 10.3 Å². The molecular weight excluding hydrogens is 367 g/mol. The van der Waals surface area contributed by atoms with Gasteiger partial charge in [0.2, 0.25) is 0 Å². The van der Waals surface area contributed by atoms with Crippen LogP contribution < -0.4 is 11.1 Å². The van der Waals surface area contributed by atoms with Crippen molar-refractivity contribution >= 4 is 53.0 Å². The molecule has 1 fully saturated rings. The van der Waals surface area contributed by atoms with E-state index < -0.39 is 0 Å². The number of halogens is 1. The number of nitrogens with one attached hydrogen (secondary N) is 1. The molecule has 0 radical (unpaired) electrons. The van der Waals surface area contributed by atoms with Crippen molar-refractivity contribution in [1.29, 1.82) is 0 Å². The van der Waals surface area contributed by atoms with Crippen molar-refractivity contribution < 1.29 is 0 Å². The van der Waals surface area contributed by atoms with E-state index in [1.165, 1.54) is 12.8 Å². The minimum absolute atomic E-state index is 0. The third kappa shape index (κ3) is 6.46. The molecule has 0 atom stereocenters. The SMILES string of the molecule is I.NC(=NCCCSc1nccs1)NC1CC1. The first kappa shape index (κ1) is 15.0. The van der Waals surface area contributed by atoms with E-state index >= 15 is 0 Å². The van der Waals surface area contributed by atoms with E-state index in [1.807, 2.05) is 11.6 Å². The summed E-state index contributed by atoms with van der Waals surface area (Å²) in [5.41, 5.74) is 5.71. The Morgan fingerprint density at radius 2 is 2.47 bits per heavy atom. The van der Waals surface area contributed by atoms with Crippen LogP contribution in [0.25, 0.3) is 0 Å². The molecule has 96 valence electrons. The van der Waals surface area contributed by atoms with Gasteiger partial charge >= 0.3 is 0 Å². The number of thioether (sulfide) groups is 1. The summed E-state index contributed by atoms with van der Waals surface area (Å²) in [5.74, 6) is 1.65. The lowest BCUT2D eigenvalue weighted by molar-refractivity contribution is 0.864. The van der Waals surface area contributed by atoms with E-state index in [1.54, 1.807) is 23.1 Å². The molecule has 1 heterocycles. The van der Waals surface area contributed by atoms with Crippen molar-refractivity contribution in [3.05, 3.63) is 11.6 Å². The molecule has 1 aromatic rings. The van der Waals surface area contributed by atoms with E-state index in [2.05, 4.69) is 15.3 Å². The minimum Gasteiger partial charge on any atom is -0.370 e. The standard InChI is InChI=1S/C10H16N4S2.HI/c11-9(14-8-2-3-8)12-4-1-6-15-10-13-5-7-16-10;/h5,7-8H,1-4,6H2,(H3,11,12,14);1H. The Kier molecular flexibility index (Phi) is 7.21. The molecule has 4 nitrogen and oxygen atoms in total. The van der Waals surface area contributed by atoms with Crippen LogP contribution in [-0.2, 0) is 0 Å². The fourth-order valence-electron chi connectivity index (χ4n) is 1.19. The first-order valence-corrected chi connectivity index (χ1v) is 7.30. The van der Waals surface area contributed by atoms with E-state index in [4.69, 9.17) is 5.73 Å². The van der Waals surface area contributed by atoms with Crippen molar-refractivity contribution in [2.75, 3.05) is 12.3 Å². The van der Waals surface area contributed by atoms with Crippen LogP contribution in [0.1, 0.15) is 19.3 Å². The van der Waals surface area contributed by atoms with Gasteiger partial charge in [0, 0.05) is 29.9 Å². The number of guanidine groups is 1. The van der Waals surface area contributed by atoms with Crippen molar-refractivity contribution in [3.63, 3.8) is 0 Å². The zero-order valence-electron chi connectivity index (χ0n) is 9.46. The highest BCUT2D eigenvalue weighted by Gasteiger charge is 2.21. The lowest BCUT2D eigenvalue weighted by atomic mass is 10.5. The molecule has 7 heteroatoms. The predicted octanol–water partition coefficient (Wildman–Crippen LogP) is 2.31. The van der Waals surface area contributed by atoms with Gasteiger partial charge in [0.15, 0.2) is 5.96 Å². The Hall–Kier alpha value is -0.0200. The normalized spacial score (nSPS) is 15.4. The molecule has 1 aliphatic carbocycles. The third-order valence-corrected chi connectivity index (χ3v) is 4.20. The van der Waals surface area contributed by atoms with E-state index in [0.29, 0.717) is 12.0 Å². The lowest BCUT2D eigenvalue weighted by Crippen LogP contribution is -2.33. The Balaban J connectivity index is 0.00000144. The second-order valence-electron chi connectivity index (χ2n) is 3.69. The fourth-order valence-corrected chi connectivity index (χ4v) is 2.82. The fraction of sp³-hybridized carbons (Fsp3) is 0.600. The average molecular weight is 384 g/mol. The zero-order chi connectivity index (χ0) is 11.2. The van der Waals surface area contributed by atoms with Crippen LogP contribution in [0.5, 0.6) is 0 Å². The van der Waals surface area contributed by atoms with Gasteiger partial charge in [-0.25, -0.2) is 4.98 Å². The maximum absolute atomic E-state index is 5.71. The van der Waals surface area contributed by atoms with Crippen molar-refractivity contribution in [2.24, 2.45) is 10.7 Å². The van der Waals surface area contributed by atoms with Crippen LogP contribution in [0.4, 0.5) is 0 Å². The minimum atomic E-state index is 0. The summed E-state index contributed by atoms with van der Waals surface area (Å²) < 4.78 is 1.13. The Morgan fingerprint density at radius 3 is 3.12 bits per heavy atom. The monoisotopic (exact) mass is 384 g/mol. The molecule has 1 aliphatic rings. The predicted molar refractivity (Wildman–Crippen MR) is 85.5 cm³/mol. The number of nitrogens with two attached hydrogens (primary N) is 1. The lowest BCUT2D eigenvalue weighted by Gasteiger charge is -2.02. The van der Waals surface area contributed by atoms with Gasteiger partial charge in [-0.2, -0.15) is 0 Å². The molecule has 3 N–H and O–H groups in total. The molecule has 0 amide bonds. The van der Waals surface area contributed by atoms with Crippen LogP contribution in [-0.4, -0.2) is 29.3 Å². The van der Waals surface area contributed by atoms with Crippen molar-refractivity contribution in [3.8, 4) is 0 Å². The van der Waals surface area contributed by atoms with Crippen LogP contribution in [0.2, 0.25) is 0 Å². The third-order valence-electron chi connectivity index (χ3n) is 2.15. The van der Waals surface area contributed by atoms with Gasteiger partial charge in [0.25, 0.3) is 0 Å². The van der Waals surface area contributed by atoms with Gasteiger partial charge in [-0.3, -0.25) is 4.99 Å². The average Bonchev–Trinajstić information content (AvgIpc) is 2.93. The maximum Gasteiger partial charge on any atom is 0.188 e. The summed E-state index contributed by atoms with van der Waals surface area (Å²) in [7, 11) is 0. The van der Waals surface area contributed by atoms with Gasteiger partial charge in [0.05, 0.1) is 0 Å². The molecule has 0 spiro atoms. The van der Waals surface area contributed by atoms with E-state index in [9.17, 15) is 0 Å². The summed E-state index contributed by atoms with van der Waals surface area (Å²) in [6, 6.07) is 0.591. The van der Waals surface area contributed by atoms with Crippen LogP contribution in [0, 0.1) is 0 Å². The van der Waals surface area contributed by atoms with Gasteiger partial charge in [0.1, 0.15) is 4.34 Å². The molecule has 2 rings (SSSR count). The highest BCUT2D eigenvalue weighted by Crippen LogP contribution is 2.20. The Bertz CT molecular complexity index is 338. The summed E-state index contributed by atoms with van der Waals surface area (Å²) in [5, 5.41) is 5.17. The Morgan fingerprint density at radius 1 is 1.65 bits per heavy atom. The molecule has 0 aliphatic heterocycles. The quantitative estimate of drug-likeness (QED) is 0.260. The molecule has 0 unspecified atom stereocenters. The number of hydrogen-bond acceptors (Lipinski definition) is 4. The molecule has 0 bridgehead atoms. The number of nitrogens with zero attached hydrogens (tertiary/aromatic N) is 2. The highest BCUT2D eigenvalue weighted by atomic mass is 127. The van der Waals surface area contributed by atoms with Gasteiger partial charge in [-0.1, -0.05) is 11.8 Å². The largest absolute Gasteiger partial charge is 0.370 e. The van der Waals surface area contributed by atoms with Gasteiger partial charge in [-0.05, 0) is 19.3 Å². The number of hydrogen-bond donors (Lipinski definition) is 2. The van der Waals surface area contributed by atoms with Crippen LogP contribution >= 0.6 is 47.1 Å². The number of thiazole rings is 1. The molecule has 17 heavy (non-hydrogen) atoms. The molecule has 1 aromatic heterocycles. The second-order valence-corrected chi connectivity index (χ2v) is 5.92. The maximum atomic E-state index is 5.71.